The van der Waals surface area contributed by atoms with E-state index in [-0.39, 0.29) is 19.6 Å². The summed E-state index contributed by atoms with van der Waals surface area (Å²) in [4.78, 5) is 12.2. The van der Waals surface area contributed by atoms with Crippen molar-refractivity contribution in [2.24, 2.45) is 5.41 Å². The topological polar surface area (TPSA) is 70.6 Å². The fourth-order valence-corrected chi connectivity index (χ4v) is 2.70. The van der Waals surface area contributed by atoms with Crippen LogP contribution in [0.15, 0.2) is 0 Å². The van der Waals surface area contributed by atoms with Crippen molar-refractivity contribution in [3.8, 4) is 0 Å². The van der Waals surface area contributed by atoms with Crippen LogP contribution >= 0.6 is 0 Å². The van der Waals surface area contributed by atoms with Crippen molar-refractivity contribution in [2.75, 3.05) is 32.9 Å². The number of hydrogen-bond donors (Lipinski definition) is 3. The number of rotatable bonds is 3. The molecule has 116 valence electrons. The summed E-state index contributed by atoms with van der Waals surface area (Å²) in [5.41, 5.74) is -3.40. The minimum absolute atomic E-state index is 0.155. The van der Waals surface area contributed by atoms with Crippen molar-refractivity contribution in [3.05, 3.63) is 0 Å². The van der Waals surface area contributed by atoms with Crippen molar-refractivity contribution in [1.82, 2.24) is 10.6 Å². The molecule has 5 nitrogen and oxygen atoms in total. The molecule has 1 unspecified atom stereocenters. The largest absolute Gasteiger partial charge is 0.404 e. The van der Waals surface area contributed by atoms with E-state index in [2.05, 4.69) is 10.6 Å². The van der Waals surface area contributed by atoms with Crippen LogP contribution < -0.4 is 10.6 Å². The van der Waals surface area contributed by atoms with Crippen molar-refractivity contribution < 1.29 is 27.8 Å². The third-order valence-corrected chi connectivity index (χ3v) is 4.26. The van der Waals surface area contributed by atoms with Gasteiger partial charge in [-0.2, -0.15) is 13.2 Å². The molecule has 20 heavy (non-hydrogen) atoms. The molecule has 0 saturated carbocycles. The molecule has 0 aromatic heterocycles. The molecule has 2 saturated heterocycles. The van der Waals surface area contributed by atoms with Gasteiger partial charge in [0.25, 0.3) is 0 Å². The molecule has 0 radical (unpaired) electrons. The Labute approximate surface area is 114 Å². The predicted octanol–water partition coefficient (Wildman–Crippen LogP) is 0.186. The quantitative estimate of drug-likeness (QED) is 0.695. The molecule has 2 aliphatic heterocycles. The van der Waals surface area contributed by atoms with Gasteiger partial charge in [-0.1, -0.05) is 0 Å². The molecule has 8 heteroatoms. The van der Waals surface area contributed by atoms with Crippen LogP contribution in [0.3, 0.4) is 0 Å². The second-order valence-corrected chi connectivity index (χ2v) is 5.51. The predicted molar refractivity (Wildman–Crippen MR) is 64.0 cm³/mol. The van der Waals surface area contributed by atoms with Crippen LogP contribution in [-0.2, 0) is 9.53 Å². The lowest BCUT2D eigenvalue weighted by molar-refractivity contribution is -0.217. The third kappa shape index (κ3) is 2.64. The molecule has 0 aromatic carbocycles. The maximum Gasteiger partial charge on any atom is 0.404 e. The van der Waals surface area contributed by atoms with Crippen molar-refractivity contribution in [1.29, 1.82) is 0 Å². The average molecular weight is 296 g/mol. The second kappa shape index (κ2) is 5.50. The van der Waals surface area contributed by atoms with E-state index in [0.717, 1.165) is 0 Å². The van der Waals surface area contributed by atoms with Gasteiger partial charge in [0, 0.05) is 19.8 Å². The Hall–Kier alpha value is -0.860. The lowest BCUT2D eigenvalue weighted by Crippen LogP contribution is -2.61. The zero-order valence-electron chi connectivity index (χ0n) is 11.1. The minimum atomic E-state index is -4.61. The molecule has 2 rings (SSSR count). The Kier molecular flexibility index (Phi) is 4.27. The van der Waals surface area contributed by atoms with Gasteiger partial charge in [-0.3, -0.25) is 4.79 Å². The number of halogens is 3. The number of aliphatic hydroxyl groups is 1. The van der Waals surface area contributed by atoms with E-state index in [4.69, 9.17) is 4.74 Å². The fraction of sp³-hybridized carbons (Fsp3) is 0.917. The van der Waals surface area contributed by atoms with Crippen LogP contribution in [0.4, 0.5) is 13.2 Å². The fourth-order valence-electron chi connectivity index (χ4n) is 2.70. The molecular weight excluding hydrogens is 277 g/mol. The maximum absolute atomic E-state index is 13.3. The van der Waals surface area contributed by atoms with Gasteiger partial charge in [0.15, 0.2) is 5.41 Å². The molecule has 0 aliphatic carbocycles. The zero-order chi connectivity index (χ0) is 14.9. The average Bonchev–Trinajstić information content (AvgIpc) is 2.90. The monoisotopic (exact) mass is 296 g/mol. The molecule has 3 N–H and O–H groups in total. The summed E-state index contributed by atoms with van der Waals surface area (Å²) in [6.45, 7) is -0.0117. The number of hydrogen-bond acceptors (Lipinski definition) is 4. The summed E-state index contributed by atoms with van der Waals surface area (Å²) in [5, 5.41) is 14.5. The van der Waals surface area contributed by atoms with Crippen LogP contribution in [-0.4, -0.2) is 55.6 Å². The smallest absolute Gasteiger partial charge is 0.394 e. The first-order valence-electron chi connectivity index (χ1n) is 6.64. The number of nitrogens with one attached hydrogen (secondary N) is 2. The molecule has 2 fully saturated rings. The highest BCUT2D eigenvalue weighted by molar-refractivity contribution is 5.85. The van der Waals surface area contributed by atoms with Crippen LogP contribution in [0.2, 0.25) is 0 Å². The standard InChI is InChI=1S/C12H19F3N2O3/c13-12(14,15)11(1-4-16-7-11)9(19)17-10(8-18)2-5-20-6-3-10/h16,18H,1-8H2,(H,17,19). The van der Waals surface area contributed by atoms with Crippen molar-refractivity contribution in [2.45, 2.75) is 31.0 Å². The van der Waals surface area contributed by atoms with Gasteiger partial charge in [-0.15, -0.1) is 0 Å². The van der Waals surface area contributed by atoms with E-state index in [0.29, 0.717) is 26.1 Å². The van der Waals surface area contributed by atoms with Crippen LogP contribution in [0.1, 0.15) is 19.3 Å². The van der Waals surface area contributed by atoms with E-state index >= 15 is 0 Å². The van der Waals surface area contributed by atoms with Crippen molar-refractivity contribution in [3.63, 3.8) is 0 Å². The Morgan fingerprint density at radius 3 is 2.40 bits per heavy atom. The number of amides is 1. The number of ether oxygens (including phenoxy) is 1. The zero-order valence-corrected chi connectivity index (χ0v) is 11.1. The van der Waals surface area contributed by atoms with Gasteiger partial charge >= 0.3 is 6.18 Å². The highest BCUT2D eigenvalue weighted by Crippen LogP contribution is 2.43. The minimum Gasteiger partial charge on any atom is -0.394 e. The number of carbonyl (C=O) groups is 1. The summed E-state index contributed by atoms with van der Waals surface area (Å²) in [5.74, 6) is -1.05. The van der Waals surface area contributed by atoms with Gasteiger partial charge in [-0.05, 0) is 25.8 Å². The molecular formula is C12H19F3N2O3. The van der Waals surface area contributed by atoms with Gasteiger partial charge < -0.3 is 20.5 Å². The van der Waals surface area contributed by atoms with Gasteiger partial charge in [-0.25, -0.2) is 0 Å². The van der Waals surface area contributed by atoms with E-state index < -0.39 is 29.6 Å². The molecule has 2 heterocycles. The molecule has 0 spiro atoms. The molecule has 2 aliphatic rings. The van der Waals surface area contributed by atoms with E-state index in [1.54, 1.807) is 0 Å². The third-order valence-electron chi connectivity index (χ3n) is 4.26. The number of alkyl halides is 3. The summed E-state index contributed by atoms with van der Waals surface area (Å²) < 4.78 is 44.9. The molecule has 0 aromatic rings. The summed E-state index contributed by atoms with van der Waals surface area (Å²) >= 11 is 0. The highest BCUT2D eigenvalue weighted by atomic mass is 19.4. The summed E-state index contributed by atoms with van der Waals surface area (Å²) in [6, 6.07) is 0. The number of carbonyl (C=O) groups excluding carboxylic acids is 1. The Morgan fingerprint density at radius 2 is 1.95 bits per heavy atom. The Balaban J connectivity index is 2.16. The van der Waals surface area contributed by atoms with Crippen LogP contribution in [0, 0.1) is 5.41 Å². The normalized spacial score (nSPS) is 30.2. The highest BCUT2D eigenvalue weighted by Gasteiger charge is 2.62. The van der Waals surface area contributed by atoms with Crippen LogP contribution in [0.5, 0.6) is 0 Å². The lowest BCUT2D eigenvalue weighted by Gasteiger charge is -2.40. The Bertz CT molecular complexity index is 361. The van der Waals surface area contributed by atoms with E-state index in [1.165, 1.54) is 0 Å². The first-order valence-corrected chi connectivity index (χ1v) is 6.64. The van der Waals surface area contributed by atoms with E-state index in [9.17, 15) is 23.1 Å². The number of aliphatic hydroxyl groups excluding tert-OH is 1. The summed E-state index contributed by atoms with van der Waals surface area (Å²) in [6.07, 6.45) is -4.25. The second-order valence-electron chi connectivity index (χ2n) is 5.51. The molecule has 1 atom stereocenters. The van der Waals surface area contributed by atoms with Crippen LogP contribution in [0.25, 0.3) is 0 Å². The lowest BCUT2D eigenvalue weighted by atomic mass is 9.82. The first kappa shape index (κ1) is 15.5. The van der Waals surface area contributed by atoms with E-state index in [1.807, 2.05) is 0 Å². The Morgan fingerprint density at radius 1 is 1.30 bits per heavy atom. The molecule has 0 bridgehead atoms. The van der Waals surface area contributed by atoms with Gasteiger partial charge in [0.1, 0.15) is 0 Å². The maximum atomic E-state index is 13.3. The van der Waals surface area contributed by atoms with Gasteiger partial charge in [0.2, 0.25) is 5.91 Å². The van der Waals surface area contributed by atoms with Crippen molar-refractivity contribution >= 4 is 5.91 Å². The molecule has 1 amide bonds. The SMILES string of the molecule is O=C(NC1(CO)CCOCC1)C1(C(F)(F)F)CCNC1. The first-order chi connectivity index (χ1) is 9.35. The summed E-state index contributed by atoms with van der Waals surface area (Å²) in [7, 11) is 0. The van der Waals surface area contributed by atoms with Gasteiger partial charge in [0.05, 0.1) is 12.1 Å².